The van der Waals surface area contributed by atoms with E-state index in [4.69, 9.17) is 14.6 Å². The van der Waals surface area contributed by atoms with E-state index in [1.165, 1.54) is 0 Å². The number of carboxylic acid groups (broad SMARTS) is 1. The average molecular weight is 252 g/mol. The van der Waals surface area contributed by atoms with Crippen molar-refractivity contribution < 1.29 is 19.4 Å². The summed E-state index contributed by atoms with van der Waals surface area (Å²) in [5.74, 6) is 0.526. The zero-order valence-corrected chi connectivity index (χ0v) is 11.1. The van der Waals surface area contributed by atoms with E-state index in [-0.39, 0.29) is 0 Å². The van der Waals surface area contributed by atoms with Gasteiger partial charge in [-0.15, -0.1) is 0 Å². The van der Waals surface area contributed by atoms with E-state index in [1.807, 2.05) is 31.2 Å². The van der Waals surface area contributed by atoms with Crippen molar-refractivity contribution in [3.8, 4) is 11.5 Å². The van der Waals surface area contributed by atoms with Crippen LogP contribution in [0.1, 0.15) is 27.2 Å². The van der Waals surface area contributed by atoms with Crippen molar-refractivity contribution in [2.24, 2.45) is 5.41 Å². The van der Waals surface area contributed by atoms with E-state index in [1.54, 1.807) is 13.8 Å². The fraction of sp³-hybridized carbons (Fsp3) is 0.500. The van der Waals surface area contributed by atoms with Crippen LogP contribution in [-0.4, -0.2) is 24.3 Å². The number of rotatable bonds is 7. The van der Waals surface area contributed by atoms with E-state index >= 15 is 0 Å². The highest BCUT2D eigenvalue weighted by Crippen LogP contribution is 2.28. The Balaban J connectivity index is 2.56. The SMILES string of the molecule is CCOc1ccccc1OCCC(C)(C)C(=O)O. The molecule has 4 nitrogen and oxygen atoms in total. The molecule has 0 saturated heterocycles. The fourth-order valence-corrected chi connectivity index (χ4v) is 1.37. The van der Waals surface area contributed by atoms with Gasteiger partial charge < -0.3 is 14.6 Å². The van der Waals surface area contributed by atoms with E-state index in [0.29, 0.717) is 31.1 Å². The fourth-order valence-electron chi connectivity index (χ4n) is 1.37. The van der Waals surface area contributed by atoms with Gasteiger partial charge in [0, 0.05) is 0 Å². The Labute approximate surface area is 108 Å². The standard InChI is InChI=1S/C14H20O4/c1-4-17-11-7-5-6-8-12(11)18-10-9-14(2,3)13(15)16/h5-8H,4,9-10H2,1-3H3,(H,15,16). The van der Waals surface area contributed by atoms with Crippen molar-refractivity contribution >= 4 is 5.97 Å². The molecule has 0 amide bonds. The van der Waals surface area contributed by atoms with Crippen molar-refractivity contribution in [2.75, 3.05) is 13.2 Å². The molecule has 0 fully saturated rings. The number of hydrogen-bond acceptors (Lipinski definition) is 3. The maximum Gasteiger partial charge on any atom is 0.309 e. The number of carbonyl (C=O) groups is 1. The molecule has 4 heteroatoms. The van der Waals surface area contributed by atoms with Gasteiger partial charge in [-0.3, -0.25) is 4.79 Å². The van der Waals surface area contributed by atoms with Gasteiger partial charge in [-0.1, -0.05) is 12.1 Å². The second-order valence-corrected chi connectivity index (χ2v) is 4.67. The number of para-hydroxylation sites is 2. The second kappa shape index (κ2) is 6.28. The predicted molar refractivity (Wildman–Crippen MR) is 69.1 cm³/mol. The molecule has 1 rings (SSSR count). The number of benzene rings is 1. The van der Waals surface area contributed by atoms with Gasteiger partial charge in [0.05, 0.1) is 18.6 Å². The molecular weight excluding hydrogens is 232 g/mol. The molecule has 100 valence electrons. The normalized spacial score (nSPS) is 11.1. The first-order valence-electron chi connectivity index (χ1n) is 6.05. The van der Waals surface area contributed by atoms with Crippen LogP contribution in [0.3, 0.4) is 0 Å². The molecule has 1 aromatic rings. The van der Waals surface area contributed by atoms with Crippen molar-refractivity contribution in [2.45, 2.75) is 27.2 Å². The topological polar surface area (TPSA) is 55.8 Å². The lowest BCUT2D eigenvalue weighted by molar-refractivity contribution is -0.147. The van der Waals surface area contributed by atoms with Crippen LogP contribution in [-0.2, 0) is 4.79 Å². The van der Waals surface area contributed by atoms with E-state index in [2.05, 4.69) is 0 Å². The highest BCUT2D eigenvalue weighted by molar-refractivity contribution is 5.73. The van der Waals surface area contributed by atoms with Crippen molar-refractivity contribution in [3.63, 3.8) is 0 Å². The van der Waals surface area contributed by atoms with E-state index in [9.17, 15) is 4.79 Å². The predicted octanol–water partition coefficient (Wildman–Crippen LogP) is 2.97. The quantitative estimate of drug-likeness (QED) is 0.810. The zero-order chi connectivity index (χ0) is 13.6. The third-order valence-corrected chi connectivity index (χ3v) is 2.71. The van der Waals surface area contributed by atoms with Crippen LogP contribution in [0.5, 0.6) is 11.5 Å². The lowest BCUT2D eigenvalue weighted by Gasteiger charge is -2.19. The summed E-state index contributed by atoms with van der Waals surface area (Å²) in [7, 11) is 0. The zero-order valence-electron chi connectivity index (χ0n) is 11.1. The minimum atomic E-state index is -0.816. The van der Waals surface area contributed by atoms with Crippen LogP contribution >= 0.6 is 0 Å². The first kappa shape index (κ1) is 14.4. The molecule has 0 heterocycles. The van der Waals surface area contributed by atoms with Gasteiger partial charge in [0.25, 0.3) is 0 Å². The highest BCUT2D eigenvalue weighted by Gasteiger charge is 2.26. The molecule has 0 aliphatic heterocycles. The molecule has 0 radical (unpaired) electrons. The Morgan fingerprint density at radius 3 is 2.28 bits per heavy atom. The molecular formula is C14H20O4. The molecule has 0 bridgehead atoms. The highest BCUT2D eigenvalue weighted by atomic mass is 16.5. The van der Waals surface area contributed by atoms with Gasteiger partial charge in [0.15, 0.2) is 11.5 Å². The van der Waals surface area contributed by atoms with E-state index < -0.39 is 11.4 Å². The first-order valence-corrected chi connectivity index (χ1v) is 6.05. The summed E-state index contributed by atoms with van der Waals surface area (Å²) in [4.78, 5) is 11.0. The first-order chi connectivity index (χ1) is 8.47. The Bertz CT molecular complexity index is 399. The van der Waals surface area contributed by atoms with Crippen LogP contribution < -0.4 is 9.47 Å². The Hall–Kier alpha value is -1.71. The van der Waals surface area contributed by atoms with Crippen LogP contribution in [0.4, 0.5) is 0 Å². The Morgan fingerprint density at radius 2 is 1.78 bits per heavy atom. The summed E-state index contributed by atoms with van der Waals surface area (Å²) in [6.45, 7) is 6.20. The molecule has 0 aliphatic rings. The van der Waals surface area contributed by atoms with Gasteiger partial charge in [-0.25, -0.2) is 0 Å². The van der Waals surface area contributed by atoms with Crippen molar-refractivity contribution in [1.29, 1.82) is 0 Å². The molecule has 0 aliphatic carbocycles. The summed E-state index contributed by atoms with van der Waals surface area (Å²) in [5.41, 5.74) is -0.777. The third kappa shape index (κ3) is 3.95. The van der Waals surface area contributed by atoms with Crippen molar-refractivity contribution in [1.82, 2.24) is 0 Å². The molecule has 0 unspecified atom stereocenters. The maximum absolute atomic E-state index is 11.0. The molecule has 0 aromatic heterocycles. The number of aliphatic carboxylic acids is 1. The van der Waals surface area contributed by atoms with E-state index in [0.717, 1.165) is 0 Å². The summed E-state index contributed by atoms with van der Waals surface area (Å²) >= 11 is 0. The molecule has 0 atom stereocenters. The van der Waals surface area contributed by atoms with Crippen molar-refractivity contribution in [3.05, 3.63) is 24.3 Å². The van der Waals surface area contributed by atoms with Crippen LogP contribution in [0.2, 0.25) is 0 Å². The molecule has 18 heavy (non-hydrogen) atoms. The number of ether oxygens (including phenoxy) is 2. The smallest absolute Gasteiger partial charge is 0.309 e. The largest absolute Gasteiger partial charge is 0.490 e. The van der Waals surface area contributed by atoms with Crippen LogP contribution in [0.25, 0.3) is 0 Å². The number of hydrogen-bond donors (Lipinski definition) is 1. The Kier molecular flexibility index (Phi) is 5.01. The molecule has 0 spiro atoms. The van der Waals surface area contributed by atoms with Crippen LogP contribution in [0.15, 0.2) is 24.3 Å². The minimum absolute atomic E-state index is 0.351. The molecule has 1 N–H and O–H groups in total. The Morgan fingerprint density at radius 1 is 1.22 bits per heavy atom. The van der Waals surface area contributed by atoms with Gasteiger partial charge in [-0.2, -0.15) is 0 Å². The van der Waals surface area contributed by atoms with Crippen LogP contribution in [0, 0.1) is 5.41 Å². The monoisotopic (exact) mass is 252 g/mol. The average Bonchev–Trinajstić information content (AvgIpc) is 2.31. The maximum atomic E-state index is 11.0. The van der Waals surface area contributed by atoms with Gasteiger partial charge in [-0.05, 0) is 39.3 Å². The summed E-state index contributed by atoms with van der Waals surface area (Å²) in [6.07, 6.45) is 0.447. The summed E-state index contributed by atoms with van der Waals surface area (Å²) < 4.78 is 11.0. The van der Waals surface area contributed by atoms with Gasteiger partial charge in [0.2, 0.25) is 0 Å². The lowest BCUT2D eigenvalue weighted by Crippen LogP contribution is -2.25. The summed E-state index contributed by atoms with van der Waals surface area (Å²) in [5, 5.41) is 9.00. The summed E-state index contributed by atoms with van der Waals surface area (Å²) in [6, 6.07) is 7.39. The minimum Gasteiger partial charge on any atom is -0.490 e. The number of carboxylic acids is 1. The van der Waals surface area contributed by atoms with Gasteiger partial charge >= 0.3 is 5.97 Å². The molecule has 1 aromatic carbocycles. The molecule has 0 saturated carbocycles. The second-order valence-electron chi connectivity index (χ2n) is 4.67. The van der Waals surface area contributed by atoms with Gasteiger partial charge in [0.1, 0.15) is 0 Å². The lowest BCUT2D eigenvalue weighted by atomic mass is 9.90. The third-order valence-electron chi connectivity index (χ3n) is 2.71.